The monoisotopic (exact) mass is 543 g/mol. The van der Waals surface area contributed by atoms with Crippen molar-refractivity contribution in [1.29, 1.82) is 0 Å². The van der Waals surface area contributed by atoms with Crippen LogP contribution in [0.5, 0.6) is 0 Å². The number of hydrogen-bond acceptors (Lipinski definition) is 5. The Bertz CT molecular complexity index is 961. The van der Waals surface area contributed by atoms with Gasteiger partial charge in [0.2, 0.25) is 5.91 Å². The van der Waals surface area contributed by atoms with Crippen molar-refractivity contribution in [3.8, 4) is 0 Å². The molecule has 0 radical (unpaired) electrons. The van der Waals surface area contributed by atoms with Crippen LogP contribution >= 0.6 is 15.9 Å². The summed E-state index contributed by atoms with van der Waals surface area (Å²) in [5.41, 5.74) is 1.90. The van der Waals surface area contributed by atoms with Crippen molar-refractivity contribution >= 4 is 33.4 Å². The Labute approximate surface area is 216 Å². The van der Waals surface area contributed by atoms with Gasteiger partial charge in [-0.05, 0) is 97.5 Å². The molecule has 5 unspecified atom stereocenters. The largest absolute Gasteiger partial charge is 0.368 e. The van der Waals surface area contributed by atoms with E-state index in [2.05, 4.69) is 47.7 Å². The molecule has 3 aliphatic heterocycles. The highest BCUT2D eigenvalue weighted by Gasteiger charge is 2.47. The fraction of sp³-hybridized carbons (Fsp3) is 0.704. The molecule has 3 heterocycles. The van der Waals surface area contributed by atoms with Crippen LogP contribution in [0.25, 0.3) is 0 Å². The number of carbonyl (C=O) groups is 2. The van der Waals surface area contributed by atoms with Gasteiger partial charge in [-0.25, -0.2) is 0 Å². The Morgan fingerprint density at radius 1 is 1.09 bits per heavy atom. The van der Waals surface area contributed by atoms with Gasteiger partial charge in [-0.3, -0.25) is 14.5 Å². The fourth-order valence-electron chi connectivity index (χ4n) is 6.93. The van der Waals surface area contributed by atoms with Crippen LogP contribution in [0.1, 0.15) is 55.3 Å². The quantitative estimate of drug-likeness (QED) is 0.532. The maximum absolute atomic E-state index is 12.7. The number of piperidine rings is 2. The maximum atomic E-state index is 12.7. The number of nitrogens with zero attached hydrogens (tertiary/aromatic N) is 2. The third kappa shape index (κ3) is 5.12. The van der Waals surface area contributed by atoms with Crippen molar-refractivity contribution in [3.63, 3.8) is 0 Å². The average Bonchev–Trinajstić information content (AvgIpc) is 3.69. The number of fused-ring (bicyclic) bond motifs is 3. The zero-order chi connectivity index (χ0) is 23.9. The summed E-state index contributed by atoms with van der Waals surface area (Å²) in [6.45, 7) is 6.30. The van der Waals surface area contributed by atoms with Crippen LogP contribution in [-0.2, 0) is 4.79 Å². The zero-order valence-electron chi connectivity index (χ0n) is 20.5. The molecule has 5 fully saturated rings. The van der Waals surface area contributed by atoms with Crippen molar-refractivity contribution in [2.24, 2.45) is 17.8 Å². The van der Waals surface area contributed by atoms with Crippen LogP contribution in [0.3, 0.4) is 0 Å². The van der Waals surface area contributed by atoms with Gasteiger partial charge >= 0.3 is 0 Å². The molecular formula is C27H38BrN5O2. The summed E-state index contributed by atoms with van der Waals surface area (Å²) in [6, 6.07) is 7.12. The molecule has 6 rings (SSSR count). The van der Waals surface area contributed by atoms with Gasteiger partial charge in [0.15, 0.2) is 0 Å². The molecule has 2 saturated carbocycles. The highest BCUT2D eigenvalue weighted by atomic mass is 79.9. The van der Waals surface area contributed by atoms with Crippen molar-refractivity contribution in [2.45, 2.75) is 63.1 Å². The summed E-state index contributed by atoms with van der Waals surface area (Å²) in [5, 5.41) is 10.2. The van der Waals surface area contributed by atoms with Gasteiger partial charge in [-0.2, -0.15) is 0 Å². The molecule has 2 amide bonds. The highest BCUT2D eigenvalue weighted by Crippen LogP contribution is 2.39. The third-order valence-electron chi connectivity index (χ3n) is 9.00. The van der Waals surface area contributed by atoms with E-state index in [0.717, 1.165) is 81.4 Å². The Hall–Kier alpha value is -1.64. The molecule has 0 bridgehead atoms. The number of anilines is 1. The molecule has 1 aromatic rings. The highest BCUT2D eigenvalue weighted by molar-refractivity contribution is 9.10. The van der Waals surface area contributed by atoms with E-state index in [1.807, 2.05) is 12.1 Å². The summed E-state index contributed by atoms with van der Waals surface area (Å²) >= 11 is 3.71. The van der Waals surface area contributed by atoms with Crippen molar-refractivity contribution in [1.82, 2.24) is 20.9 Å². The van der Waals surface area contributed by atoms with Crippen molar-refractivity contribution in [2.75, 3.05) is 44.2 Å². The first-order chi connectivity index (χ1) is 17.0. The summed E-state index contributed by atoms with van der Waals surface area (Å²) in [4.78, 5) is 30.1. The molecule has 190 valence electrons. The second-order valence-corrected chi connectivity index (χ2v) is 12.2. The number of halogens is 1. The molecule has 5 atom stereocenters. The minimum absolute atomic E-state index is 0.0308. The number of rotatable bonds is 5. The molecule has 7 nitrogen and oxygen atoms in total. The second-order valence-electron chi connectivity index (χ2n) is 11.4. The summed E-state index contributed by atoms with van der Waals surface area (Å²) in [7, 11) is 0. The van der Waals surface area contributed by atoms with Crippen molar-refractivity contribution in [3.05, 3.63) is 28.2 Å². The standard InChI is InChI=1S/C27H38BrN5O2/c28-22-15-18(26(34)30-19-5-6-19)4-8-24(22)33-12-10-32(11-13-33)16-17-3-7-20-23(14-17)31-27(35)21-2-1-9-29-25(20)21/h4,8,15,17,19-21,23,25,29H,1-3,5-7,9-14,16H2,(H,30,34)(H,31,35). The van der Waals surface area contributed by atoms with E-state index in [1.54, 1.807) is 0 Å². The van der Waals surface area contributed by atoms with Gasteiger partial charge in [-0.15, -0.1) is 0 Å². The molecule has 3 saturated heterocycles. The molecule has 5 aliphatic rings. The number of benzene rings is 1. The SMILES string of the molecule is O=C(NC1CC1)c1ccc(N2CCN(CC3CCC4C(C3)NC(=O)C3CCCNC34)CC2)c(Br)c1. The lowest BCUT2D eigenvalue weighted by molar-refractivity contribution is -0.133. The van der Waals surface area contributed by atoms with Crippen LogP contribution in [0.4, 0.5) is 5.69 Å². The number of hydrogen-bond donors (Lipinski definition) is 3. The molecule has 3 N–H and O–H groups in total. The number of amides is 2. The van der Waals surface area contributed by atoms with Gasteiger partial charge in [0.25, 0.3) is 5.91 Å². The van der Waals surface area contributed by atoms with E-state index in [0.29, 0.717) is 35.9 Å². The Morgan fingerprint density at radius 3 is 2.69 bits per heavy atom. The average molecular weight is 545 g/mol. The van der Waals surface area contributed by atoms with Crippen LogP contribution < -0.4 is 20.9 Å². The van der Waals surface area contributed by atoms with Gasteiger partial charge in [0.1, 0.15) is 0 Å². The number of carbonyl (C=O) groups excluding carboxylic acids is 2. The number of piperazine rings is 1. The van der Waals surface area contributed by atoms with E-state index >= 15 is 0 Å². The van der Waals surface area contributed by atoms with Crippen LogP contribution in [0.2, 0.25) is 0 Å². The van der Waals surface area contributed by atoms with Crippen LogP contribution in [0, 0.1) is 17.8 Å². The molecular weight excluding hydrogens is 506 g/mol. The number of nitrogens with one attached hydrogen (secondary N) is 3. The smallest absolute Gasteiger partial charge is 0.251 e. The first-order valence-corrected chi connectivity index (χ1v) is 14.5. The van der Waals surface area contributed by atoms with Gasteiger partial charge < -0.3 is 20.9 Å². The van der Waals surface area contributed by atoms with Crippen LogP contribution in [-0.4, -0.2) is 74.1 Å². The van der Waals surface area contributed by atoms with E-state index in [1.165, 1.54) is 18.5 Å². The second kappa shape index (κ2) is 10.0. The zero-order valence-corrected chi connectivity index (χ0v) is 22.1. The lowest BCUT2D eigenvalue weighted by atomic mass is 9.67. The molecule has 1 aromatic carbocycles. The first-order valence-electron chi connectivity index (χ1n) is 13.7. The minimum Gasteiger partial charge on any atom is -0.368 e. The first kappa shape index (κ1) is 23.7. The molecule has 2 aliphatic carbocycles. The van der Waals surface area contributed by atoms with Gasteiger partial charge in [-0.1, -0.05) is 0 Å². The lowest BCUT2D eigenvalue weighted by Gasteiger charge is -2.50. The maximum Gasteiger partial charge on any atom is 0.251 e. The Kier molecular flexibility index (Phi) is 6.80. The third-order valence-corrected chi connectivity index (χ3v) is 9.63. The molecule has 8 heteroatoms. The minimum atomic E-state index is 0.0308. The Morgan fingerprint density at radius 2 is 1.91 bits per heavy atom. The predicted octanol–water partition coefficient (Wildman–Crippen LogP) is 2.75. The van der Waals surface area contributed by atoms with E-state index in [-0.39, 0.29) is 11.8 Å². The molecule has 0 spiro atoms. The van der Waals surface area contributed by atoms with Gasteiger partial charge in [0, 0.05) is 60.9 Å². The van der Waals surface area contributed by atoms with E-state index < -0.39 is 0 Å². The summed E-state index contributed by atoms with van der Waals surface area (Å²) in [5.74, 6) is 1.79. The lowest BCUT2D eigenvalue weighted by Crippen LogP contribution is -2.64. The summed E-state index contributed by atoms with van der Waals surface area (Å²) < 4.78 is 0.996. The van der Waals surface area contributed by atoms with Crippen molar-refractivity contribution < 1.29 is 9.59 Å². The molecule has 35 heavy (non-hydrogen) atoms. The van der Waals surface area contributed by atoms with Gasteiger partial charge in [0.05, 0.1) is 11.6 Å². The topological polar surface area (TPSA) is 76.7 Å². The Balaban J connectivity index is 1.00. The predicted molar refractivity (Wildman–Crippen MR) is 141 cm³/mol. The van der Waals surface area contributed by atoms with E-state index in [9.17, 15) is 9.59 Å². The summed E-state index contributed by atoms with van der Waals surface area (Å²) in [6.07, 6.45) is 8.01. The normalized spacial score (nSPS) is 33.5. The fourth-order valence-corrected chi connectivity index (χ4v) is 7.56. The molecule has 0 aromatic heterocycles. The van der Waals surface area contributed by atoms with E-state index in [4.69, 9.17) is 0 Å². The van der Waals surface area contributed by atoms with Crippen LogP contribution in [0.15, 0.2) is 22.7 Å².